The molecule has 1 aliphatic rings. The first-order valence-corrected chi connectivity index (χ1v) is 9.15. The molecule has 0 spiro atoms. The topological polar surface area (TPSA) is 96.8 Å². The molecule has 1 aliphatic heterocycles. The number of hydrogen-bond acceptors (Lipinski definition) is 5. The largest absolute Gasteiger partial charge is 0.492 e. The van der Waals surface area contributed by atoms with Crippen LogP contribution in [0.5, 0.6) is 5.75 Å². The second-order valence-electron chi connectivity index (χ2n) is 6.31. The second kappa shape index (κ2) is 9.03. The third-order valence-electron chi connectivity index (χ3n) is 4.38. The molecule has 1 aromatic carbocycles. The highest BCUT2D eigenvalue weighted by atomic mass is 16.5. The summed E-state index contributed by atoms with van der Waals surface area (Å²) < 4.78 is 7.45. The van der Waals surface area contributed by atoms with Gasteiger partial charge in [0.05, 0.1) is 6.54 Å². The van der Waals surface area contributed by atoms with Crippen molar-refractivity contribution in [2.45, 2.75) is 13.5 Å². The Hall–Kier alpha value is -3.36. The molecule has 3 rings (SSSR count). The highest BCUT2D eigenvalue weighted by Gasteiger charge is 2.32. The number of aromatic nitrogens is 2. The van der Waals surface area contributed by atoms with E-state index in [1.165, 1.54) is 9.80 Å². The number of carbonyl (C=O) groups is 3. The molecule has 0 bridgehead atoms. The Morgan fingerprint density at radius 3 is 2.71 bits per heavy atom. The second-order valence-corrected chi connectivity index (χ2v) is 6.31. The summed E-state index contributed by atoms with van der Waals surface area (Å²) in [5.41, 5.74) is 0.563. The highest BCUT2D eigenvalue weighted by Crippen LogP contribution is 2.17. The van der Waals surface area contributed by atoms with Gasteiger partial charge >= 0.3 is 11.8 Å². The Morgan fingerprint density at radius 2 is 1.96 bits per heavy atom. The van der Waals surface area contributed by atoms with E-state index in [-0.39, 0.29) is 12.5 Å². The summed E-state index contributed by atoms with van der Waals surface area (Å²) in [6.45, 7) is 3.99. The first-order valence-electron chi connectivity index (χ1n) is 9.15. The molecule has 1 aromatic heterocycles. The van der Waals surface area contributed by atoms with Crippen LogP contribution in [0, 0.1) is 0 Å². The Kier molecular flexibility index (Phi) is 6.25. The van der Waals surface area contributed by atoms with Crippen LogP contribution >= 0.6 is 0 Å². The van der Waals surface area contributed by atoms with E-state index in [0.29, 0.717) is 44.2 Å². The number of nitrogens with zero attached hydrogens (tertiary/aromatic N) is 4. The Balaban J connectivity index is 1.50. The number of hydrogen-bond donors (Lipinski definition) is 1. The molecule has 0 unspecified atom stereocenters. The molecule has 1 fully saturated rings. The number of piperazine rings is 1. The van der Waals surface area contributed by atoms with Crippen molar-refractivity contribution in [3.63, 3.8) is 0 Å². The number of amides is 3. The third-order valence-corrected chi connectivity index (χ3v) is 4.38. The normalized spacial score (nSPS) is 14.3. The van der Waals surface area contributed by atoms with Crippen LogP contribution < -0.4 is 10.1 Å². The van der Waals surface area contributed by atoms with Crippen molar-refractivity contribution in [2.75, 3.05) is 38.1 Å². The molecule has 9 heteroatoms. The van der Waals surface area contributed by atoms with Crippen molar-refractivity contribution >= 4 is 23.4 Å². The third kappa shape index (κ3) is 4.87. The van der Waals surface area contributed by atoms with Gasteiger partial charge in [-0.2, -0.15) is 5.10 Å². The van der Waals surface area contributed by atoms with Gasteiger partial charge in [-0.25, -0.2) is 0 Å². The number of nitrogens with one attached hydrogen (secondary N) is 1. The van der Waals surface area contributed by atoms with Crippen LogP contribution in [-0.2, 0) is 20.9 Å². The van der Waals surface area contributed by atoms with E-state index in [4.69, 9.17) is 4.74 Å². The monoisotopic (exact) mass is 385 g/mol. The molecule has 0 aliphatic carbocycles. The SMILES string of the molecule is CCN1CCN(CC(=O)Nc2cccc(OCCn3cccn3)c2)C(=O)C1=O. The van der Waals surface area contributed by atoms with Gasteiger partial charge in [0.1, 0.15) is 18.9 Å². The maximum absolute atomic E-state index is 12.3. The molecule has 0 atom stereocenters. The molecule has 2 heterocycles. The van der Waals surface area contributed by atoms with Crippen LogP contribution in [0.15, 0.2) is 42.7 Å². The van der Waals surface area contributed by atoms with Crippen LogP contribution in [0.2, 0.25) is 0 Å². The molecule has 2 aromatic rings. The smallest absolute Gasteiger partial charge is 0.312 e. The van der Waals surface area contributed by atoms with E-state index in [2.05, 4.69) is 10.4 Å². The van der Waals surface area contributed by atoms with Crippen molar-refractivity contribution in [3.05, 3.63) is 42.7 Å². The minimum absolute atomic E-state index is 0.160. The van der Waals surface area contributed by atoms with E-state index < -0.39 is 11.8 Å². The number of anilines is 1. The van der Waals surface area contributed by atoms with Crippen molar-refractivity contribution < 1.29 is 19.1 Å². The van der Waals surface area contributed by atoms with E-state index in [0.717, 1.165) is 0 Å². The first kappa shape index (κ1) is 19.4. The number of ether oxygens (including phenoxy) is 1. The van der Waals surface area contributed by atoms with Gasteiger partial charge in [0.15, 0.2) is 0 Å². The number of likely N-dealkylation sites (N-methyl/N-ethyl adjacent to an activating group) is 1. The molecule has 9 nitrogen and oxygen atoms in total. The molecular formula is C19H23N5O4. The van der Waals surface area contributed by atoms with Gasteiger partial charge in [-0.05, 0) is 25.1 Å². The molecule has 148 valence electrons. The number of benzene rings is 1. The van der Waals surface area contributed by atoms with Crippen molar-refractivity contribution in [2.24, 2.45) is 0 Å². The van der Waals surface area contributed by atoms with Crippen LogP contribution in [0.25, 0.3) is 0 Å². The maximum atomic E-state index is 12.3. The molecule has 1 N–H and O–H groups in total. The lowest BCUT2D eigenvalue weighted by atomic mass is 10.2. The molecule has 1 saturated heterocycles. The van der Waals surface area contributed by atoms with Crippen molar-refractivity contribution in [1.29, 1.82) is 0 Å². The summed E-state index contributed by atoms with van der Waals surface area (Å²) in [5.74, 6) is -0.944. The maximum Gasteiger partial charge on any atom is 0.312 e. The van der Waals surface area contributed by atoms with Crippen molar-refractivity contribution in [1.82, 2.24) is 19.6 Å². The summed E-state index contributed by atoms with van der Waals surface area (Å²) in [6, 6.07) is 8.86. The molecular weight excluding hydrogens is 362 g/mol. The van der Waals surface area contributed by atoms with Crippen molar-refractivity contribution in [3.8, 4) is 5.75 Å². The molecule has 0 saturated carbocycles. The molecule has 0 radical (unpaired) electrons. The summed E-state index contributed by atoms with van der Waals surface area (Å²) in [5, 5.41) is 6.84. The first-order chi connectivity index (χ1) is 13.6. The summed E-state index contributed by atoms with van der Waals surface area (Å²) in [6.07, 6.45) is 3.56. The predicted octanol–water partition coefficient (Wildman–Crippen LogP) is 0.591. The average molecular weight is 385 g/mol. The predicted molar refractivity (Wildman–Crippen MR) is 102 cm³/mol. The van der Waals surface area contributed by atoms with E-state index in [1.807, 2.05) is 19.2 Å². The van der Waals surface area contributed by atoms with Crippen LogP contribution in [-0.4, -0.2) is 70.1 Å². The Bertz CT molecular complexity index is 837. The van der Waals surface area contributed by atoms with Crippen LogP contribution in [0.1, 0.15) is 6.92 Å². The van der Waals surface area contributed by atoms with E-state index in [9.17, 15) is 14.4 Å². The van der Waals surface area contributed by atoms with Gasteiger partial charge in [-0.1, -0.05) is 6.07 Å². The molecule has 3 amide bonds. The minimum Gasteiger partial charge on any atom is -0.492 e. The zero-order valence-corrected chi connectivity index (χ0v) is 15.7. The zero-order chi connectivity index (χ0) is 19.9. The fraction of sp³-hybridized carbons (Fsp3) is 0.368. The summed E-state index contributed by atoms with van der Waals surface area (Å²) >= 11 is 0. The van der Waals surface area contributed by atoms with Crippen LogP contribution in [0.3, 0.4) is 0 Å². The van der Waals surface area contributed by atoms with Gasteiger partial charge in [-0.3, -0.25) is 19.1 Å². The Labute approximate surface area is 162 Å². The fourth-order valence-corrected chi connectivity index (χ4v) is 2.89. The van der Waals surface area contributed by atoms with Gasteiger partial charge in [0, 0.05) is 43.8 Å². The lowest BCUT2D eigenvalue weighted by Gasteiger charge is -2.32. The lowest BCUT2D eigenvalue weighted by Crippen LogP contribution is -2.55. The van der Waals surface area contributed by atoms with E-state index >= 15 is 0 Å². The highest BCUT2D eigenvalue weighted by molar-refractivity contribution is 6.35. The average Bonchev–Trinajstić information content (AvgIpc) is 3.19. The van der Waals surface area contributed by atoms with Gasteiger partial charge in [0.2, 0.25) is 5.91 Å². The molecule has 28 heavy (non-hydrogen) atoms. The lowest BCUT2D eigenvalue weighted by molar-refractivity contribution is -0.156. The summed E-state index contributed by atoms with van der Waals surface area (Å²) in [7, 11) is 0. The number of rotatable bonds is 8. The zero-order valence-electron chi connectivity index (χ0n) is 15.7. The van der Waals surface area contributed by atoms with Gasteiger partial charge in [0.25, 0.3) is 0 Å². The van der Waals surface area contributed by atoms with Gasteiger partial charge in [-0.15, -0.1) is 0 Å². The standard InChI is InChI=1S/C19H23N5O4/c1-2-22-9-10-23(19(27)18(22)26)14-17(25)21-15-5-3-6-16(13-15)28-12-11-24-8-4-7-20-24/h3-8,13H,2,9-12,14H2,1H3,(H,21,25). The Morgan fingerprint density at radius 1 is 1.18 bits per heavy atom. The van der Waals surface area contributed by atoms with Gasteiger partial charge < -0.3 is 19.9 Å². The number of carbonyl (C=O) groups excluding carboxylic acids is 3. The van der Waals surface area contributed by atoms with E-state index in [1.54, 1.807) is 35.1 Å². The quantitative estimate of drug-likeness (QED) is 0.671. The minimum atomic E-state index is -0.640. The fourth-order valence-electron chi connectivity index (χ4n) is 2.89. The van der Waals surface area contributed by atoms with Crippen LogP contribution in [0.4, 0.5) is 5.69 Å². The summed E-state index contributed by atoms with van der Waals surface area (Å²) in [4.78, 5) is 39.0.